The number of unbranched alkanes of at least 4 members (excludes halogenated alkanes) is 1. The van der Waals surface area contributed by atoms with E-state index in [-0.39, 0.29) is 6.04 Å². The third-order valence-electron chi connectivity index (χ3n) is 2.51. The summed E-state index contributed by atoms with van der Waals surface area (Å²) in [6.07, 6.45) is 2.86. The van der Waals surface area contributed by atoms with Crippen LogP contribution in [-0.4, -0.2) is 37.6 Å². The third kappa shape index (κ3) is 5.28. The lowest BCUT2D eigenvalue weighted by molar-refractivity contribution is -0.140. The fourth-order valence-corrected chi connectivity index (χ4v) is 1.62. The summed E-state index contributed by atoms with van der Waals surface area (Å²) in [5.41, 5.74) is 0.956. The van der Waals surface area contributed by atoms with Crippen molar-refractivity contribution in [3.8, 4) is 0 Å². The molecule has 0 aliphatic rings. The first kappa shape index (κ1) is 15.9. The van der Waals surface area contributed by atoms with Crippen LogP contribution < -0.4 is 0 Å². The molecule has 0 rings (SSSR count). The molecule has 0 aliphatic carbocycles. The lowest BCUT2D eigenvalue weighted by atomic mass is 10.1. The lowest BCUT2D eigenvalue weighted by Gasteiger charge is -2.29. The average Bonchev–Trinajstić information content (AvgIpc) is 2.26. The summed E-state index contributed by atoms with van der Waals surface area (Å²) in [7, 11) is 3.28. The number of halogens is 1. The molecule has 4 heteroatoms. The van der Waals surface area contributed by atoms with Crippen molar-refractivity contribution in [2.75, 3.05) is 20.1 Å². The molecule has 96 valence electrons. The molecule has 0 saturated heterocycles. The number of methoxy groups -OCH3 is 2. The molecule has 16 heavy (non-hydrogen) atoms. The number of hydrogen-bond donors (Lipinski definition) is 0. The van der Waals surface area contributed by atoms with Crippen LogP contribution in [0.5, 0.6) is 0 Å². The van der Waals surface area contributed by atoms with Crippen LogP contribution >= 0.6 is 11.6 Å². The van der Waals surface area contributed by atoms with Crippen molar-refractivity contribution in [2.24, 2.45) is 4.99 Å². The minimum absolute atomic E-state index is 0.246. The molecule has 0 unspecified atom stereocenters. The van der Waals surface area contributed by atoms with Gasteiger partial charge in [-0.2, -0.15) is 0 Å². The number of nitrogens with zero attached hydrogens (tertiary/aromatic N) is 1. The zero-order valence-electron chi connectivity index (χ0n) is 11.0. The monoisotopic (exact) mass is 249 g/mol. The fourth-order valence-electron chi connectivity index (χ4n) is 1.43. The highest BCUT2D eigenvalue weighted by Crippen LogP contribution is 2.18. The molecule has 0 heterocycles. The largest absolute Gasteiger partial charge is 0.349 e. The Morgan fingerprint density at radius 2 is 1.81 bits per heavy atom. The summed E-state index contributed by atoms with van der Waals surface area (Å²) < 4.78 is 10.8. The summed E-state index contributed by atoms with van der Waals surface area (Å²) in [5.74, 6) is -0.0256. The van der Waals surface area contributed by atoms with Crippen LogP contribution in [0.4, 0.5) is 0 Å². The predicted octanol–water partition coefficient (Wildman–Crippen LogP) is 3.25. The van der Waals surface area contributed by atoms with E-state index in [0.717, 1.165) is 25.0 Å². The van der Waals surface area contributed by atoms with E-state index in [1.807, 2.05) is 20.8 Å². The van der Waals surface area contributed by atoms with Gasteiger partial charge in [0.05, 0.1) is 5.71 Å². The number of aliphatic imine (C=N–C) groups is 1. The Bertz CT molecular complexity index is 213. The smallest absolute Gasteiger partial charge is 0.204 e. The third-order valence-corrected chi connectivity index (χ3v) is 2.78. The highest BCUT2D eigenvalue weighted by molar-refractivity contribution is 6.17. The van der Waals surface area contributed by atoms with Gasteiger partial charge in [0.2, 0.25) is 5.79 Å². The van der Waals surface area contributed by atoms with Crippen molar-refractivity contribution in [3.05, 3.63) is 0 Å². The van der Waals surface area contributed by atoms with Gasteiger partial charge in [-0.25, -0.2) is 0 Å². The zero-order chi connectivity index (χ0) is 12.6. The van der Waals surface area contributed by atoms with E-state index >= 15 is 0 Å². The number of alkyl halides is 1. The first-order chi connectivity index (χ1) is 7.50. The summed E-state index contributed by atoms with van der Waals surface area (Å²) >= 11 is 5.67. The average molecular weight is 250 g/mol. The van der Waals surface area contributed by atoms with Crippen LogP contribution in [0.25, 0.3) is 0 Å². The molecular weight excluding hydrogens is 226 g/mol. The predicted molar refractivity (Wildman–Crippen MR) is 69.6 cm³/mol. The lowest BCUT2D eigenvalue weighted by Crippen LogP contribution is -2.40. The minimum Gasteiger partial charge on any atom is -0.349 e. The van der Waals surface area contributed by atoms with Crippen molar-refractivity contribution in [2.45, 2.75) is 51.9 Å². The van der Waals surface area contributed by atoms with Crippen LogP contribution in [0.3, 0.4) is 0 Å². The maximum Gasteiger partial charge on any atom is 0.204 e. The van der Waals surface area contributed by atoms with Crippen molar-refractivity contribution < 1.29 is 9.47 Å². The molecule has 0 aromatic carbocycles. The van der Waals surface area contributed by atoms with Gasteiger partial charge in [-0.15, -0.1) is 11.6 Å². The van der Waals surface area contributed by atoms with Crippen LogP contribution in [-0.2, 0) is 9.47 Å². The molecule has 0 saturated carbocycles. The Hall–Kier alpha value is -0.120. The summed E-state index contributed by atoms with van der Waals surface area (Å²) in [6.45, 7) is 6.00. The quantitative estimate of drug-likeness (QED) is 0.286. The van der Waals surface area contributed by atoms with Crippen LogP contribution in [0, 0.1) is 0 Å². The summed E-state index contributed by atoms with van der Waals surface area (Å²) in [5, 5.41) is 0. The molecule has 0 spiro atoms. The second kappa shape index (κ2) is 8.04. The van der Waals surface area contributed by atoms with Gasteiger partial charge in [-0.05, 0) is 40.0 Å². The highest BCUT2D eigenvalue weighted by atomic mass is 35.5. The van der Waals surface area contributed by atoms with Gasteiger partial charge in [0.15, 0.2) is 0 Å². The summed E-state index contributed by atoms with van der Waals surface area (Å²) in [6, 6.07) is 0.246. The maximum atomic E-state index is 5.67. The highest BCUT2D eigenvalue weighted by Gasteiger charge is 2.29. The molecule has 0 amide bonds. The van der Waals surface area contributed by atoms with Crippen LogP contribution in [0.2, 0.25) is 0 Å². The Morgan fingerprint density at radius 3 is 2.19 bits per heavy atom. The van der Waals surface area contributed by atoms with Crippen molar-refractivity contribution in [1.29, 1.82) is 0 Å². The molecule has 0 atom stereocenters. The second-order valence-corrected chi connectivity index (χ2v) is 4.55. The molecule has 0 aliphatic heterocycles. The van der Waals surface area contributed by atoms with Crippen LogP contribution in [0.1, 0.15) is 40.0 Å². The minimum atomic E-state index is -0.712. The van der Waals surface area contributed by atoms with Gasteiger partial charge in [0.1, 0.15) is 0 Å². The zero-order valence-corrected chi connectivity index (χ0v) is 11.8. The molecular formula is C12H24ClNO2. The molecule has 0 aromatic heterocycles. The van der Waals surface area contributed by atoms with Gasteiger partial charge >= 0.3 is 0 Å². The standard InChI is InChI=1S/C12H24ClNO2/c1-10(2)14-11(8-6-7-9-13)12(3,15-4)16-5/h10H,6-9H2,1-5H3. The van der Waals surface area contributed by atoms with Gasteiger partial charge in [-0.1, -0.05) is 0 Å². The Balaban J connectivity index is 4.65. The Kier molecular flexibility index (Phi) is 7.98. The maximum absolute atomic E-state index is 5.67. The number of hydrogen-bond acceptors (Lipinski definition) is 3. The molecule has 3 nitrogen and oxygen atoms in total. The van der Waals surface area contributed by atoms with Crippen molar-refractivity contribution in [1.82, 2.24) is 0 Å². The number of ether oxygens (including phenoxy) is 2. The van der Waals surface area contributed by atoms with Gasteiger partial charge in [-0.3, -0.25) is 4.99 Å². The first-order valence-corrected chi connectivity index (χ1v) is 6.27. The van der Waals surface area contributed by atoms with Crippen molar-refractivity contribution in [3.63, 3.8) is 0 Å². The van der Waals surface area contributed by atoms with E-state index in [4.69, 9.17) is 21.1 Å². The van der Waals surface area contributed by atoms with E-state index < -0.39 is 5.79 Å². The Morgan fingerprint density at radius 1 is 1.25 bits per heavy atom. The number of rotatable bonds is 8. The topological polar surface area (TPSA) is 30.8 Å². The van der Waals surface area contributed by atoms with E-state index in [2.05, 4.69) is 4.99 Å². The van der Waals surface area contributed by atoms with Gasteiger partial charge in [0.25, 0.3) is 0 Å². The van der Waals surface area contributed by atoms with Gasteiger partial charge < -0.3 is 9.47 Å². The molecule has 0 fully saturated rings. The second-order valence-electron chi connectivity index (χ2n) is 4.17. The fraction of sp³-hybridized carbons (Fsp3) is 0.917. The van der Waals surface area contributed by atoms with Crippen molar-refractivity contribution >= 4 is 17.3 Å². The summed E-state index contributed by atoms with van der Waals surface area (Å²) in [4.78, 5) is 4.59. The van der Waals surface area contributed by atoms with Crippen LogP contribution in [0.15, 0.2) is 4.99 Å². The SMILES string of the molecule is COC(C)(OC)C(CCCCCl)=NC(C)C. The Labute approximate surface area is 104 Å². The normalized spacial score (nSPS) is 13.6. The van der Waals surface area contributed by atoms with E-state index in [9.17, 15) is 0 Å². The first-order valence-electron chi connectivity index (χ1n) is 5.73. The van der Waals surface area contributed by atoms with E-state index in [1.54, 1.807) is 14.2 Å². The van der Waals surface area contributed by atoms with E-state index in [1.165, 1.54) is 0 Å². The molecule has 0 radical (unpaired) electrons. The van der Waals surface area contributed by atoms with Gasteiger partial charge in [0, 0.05) is 26.1 Å². The van der Waals surface area contributed by atoms with E-state index in [0.29, 0.717) is 5.88 Å². The molecule has 0 aromatic rings. The molecule has 0 N–H and O–H groups in total. The molecule has 0 bridgehead atoms.